The molecular formula is C10H10BrN3. The van der Waals surface area contributed by atoms with Gasteiger partial charge in [0.15, 0.2) is 5.82 Å². The third-order valence-corrected chi connectivity index (χ3v) is 2.95. The SMILES string of the molecule is Cc1ccccc1-c1[nH]nc(N)c1Br. The third-order valence-electron chi connectivity index (χ3n) is 2.15. The lowest BCUT2D eigenvalue weighted by molar-refractivity contribution is 1.10. The third kappa shape index (κ3) is 1.42. The first-order chi connectivity index (χ1) is 6.70. The van der Waals surface area contributed by atoms with Gasteiger partial charge in [-0.2, -0.15) is 5.10 Å². The lowest BCUT2D eigenvalue weighted by Crippen LogP contribution is -1.84. The van der Waals surface area contributed by atoms with Crippen molar-refractivity contribution in [1.29, 1.82) is 0 Å². The van der Waals surface area contributed by atoms with Gasteiger partial charge in [-0.3, -0.25) is 5.10 Å². The Bertz CT molecular complexity index is 462. The maximum Gasteiger partial charge on any atom is 0.160 e. The molecule has 0 saturated carbocycles. The molecule has 0 bridgehead atoms. The minimum atomic E-state index is 0.489. The second kappa shape index (κ2) is 3.46. The number of benzene rings is 1. The number of rotatable bonds is 1. The Kier molecular flexibility index (Phi) is 2.29. The summed E-state index contributed by atoms with van der Waals surface area (Å²) in [6.07, 6.45) is 0. The molecule has 14 heavy (non-hydrogen) atoms. The van der Waals surface area contributed by atoms with Gasteiger partial charge in [-0.25, -0.2) is 0 Å². The van der Waals surface area contributed by atoms with Crippen molar-refractivity contribution in [3.8, 4) is 11.3 Å². The van der Waals surface area contributed by atoms with Crippen LogP contribution < -0.4 is 5.73 Å². The number of aromatic nitrogens is 2. The molecule has 2 aromatic rings. The van der Waals surface area contributed by atoms with E-state index < -0.39 is 0 Å². The number of hydrogen-bond donors (Lipinski definition) is 2. The maximum atomic E-state index is 5.64. The van der Waals surface area contributed by atoms with Crippen molar-refractivity contribution in [2.45, 2.75) is 6.92 Å². The van der Waals surface area contributed by atoms with Gasteiger partial charge >= 0.3 is 0 Å². The molecule has 0 radical (unpaired) electrons. The summed E-state index contributed by atoms with van der Waals surface area (Å²) in [6.45, 7) is 2.05. The van der Waals surface area contributed by atoms with Crippen molar-refractivity contribution in [3.05, 3.63) is 34.3 Å². The molecule has 0 aliphatic carbocycles. The highest BCUT2D eigenvalue weighted by atomic mass is 79.9. The smallest absolute Gasteiger partial charge is 0.160 e. The van der Waals surface area contributed by atoms with Crippen LogP contribution in [0.2, 0.25) is 0 Å². The Morgan fingerprint density at radius 3 is 2.64 bits per heavy atom. The Labute approximate surface area is 90.5 Å². The predicted molar refractivity (Wildman–Crippen MR) is 60.9 cm³/mol. The van der Waals surface area contributed by atoms with Gasteiger partial charge in [0.05, 0.1) is 10.2 Å². The summed E-state index contributed by atoms with van der Waals surface area (Å²) in [5, 5.41) is 6.85. The van der Waals surface area contributed by atoms with E-state index in [1.165, 1.54) is 5.56 Å². The topological polar surface area (TPSA) is 54.7 Å². The molecule has 0 unspecified atom stereocenters. The molecule has 0 aliphatic rings. The van der Waals surface area contributed by atoms with Crippen LogP contribution in [0, 0.1) is 6.92 Å². The van der Waals surface area contributed by atoms with Gasteiger partial charge in [-0.1, -0.05) is 24.3 Å². The minimum Gasteiger partial charge on any atom is -0.381 e. The van der Waals surface area contributed by atoms with E-state index in [1.807, 2.05) is 18.2 Å². The molecular weight excluding hydrogens is 242 g/mol. The number of aromatic amines is 1. The molecule has 0 fully saturated rings. The standard InChI is InChI=1S/C10H10BrN3/c1-6-4-2-3-5-7(6)9-8(11)10(12)14-13-9/h2-5H,1H3,(H3,12,13,14). The van der Waals surface area contributed by atoms with Crippen molar-refractivity contribution in [2.24, 2.45) is 0 Å². The summed E-state index contributed by atoms with van der Waals surface area (Å²) < 4.78 is 0.826. The number of nitrogens with two attached hydrogens (primary N) is 1. The van der Waals surface area contributed by atoms with E-state index in [2.05, 4.69) is 39.1 Å². The van der Waals surface area contributed by atoms with Crippen molar-refractivity contribution >= 4 is 21.7 Å². The first-order valence-electron chi connectivity index (χ1n) is 4.25. The molecule has 4 heteroatoms. The van der Waals surface area contributed by atoms with E-state index in [9.17, 15) is 0 Å². The Morgan fingerprint density at radius 1 is 1.36 bits per heavy atom. The summed E-state index contributed by atoms with van der Waals surface area (Å²) >= 11 is 3.40. The largest absolute Gasteiger partial charge is 0.381 e. The molecule has 1 aromatic carbocycles. The summed E-state index contributed by atoms with van der Waals surface area (Å²) in [6, 6.07) is 8.09. The summed E-state index contributed by atoms with van der Waals surface area (Å²) in [4.78, 5) is 0. The number of H-pyrrole nitrogens is 1. The van der Waals surface area contributed by atoms with E-state index in [4.69, 9.17) is 5.73 Å². The molecule has 3 N–H and O–H groups in total. The summed E-state index contributed by atoms with van der Waals surface area (Å²) in [5.41, 5.74) is 8.88. The molecule has 0 aliphatic heterocycles. The number of aryl methyl sites for hydroxylation is 1. The summed E-state index contributed by atoms with van der Waals surface area (Å²) in [7, 11) is 0. The number of hydrogen-bond acceptors (Lipinski definition) is 2. The van der Waals surface area contributed by atoms with Crippen LogP contribution >= 0.6 is 15.9 Å². The number of nitrogen functional groups attached to an aromatic ring is 1. The summed E-state index contributed by atoms with van der Waals surface area (Å²) in [5.74, 6) is 0.489. The second-order valence-electron chi connectivity index (χ2n) is 3.11. The highest BCUT2D eigenvalue weighted by Crippen LogP contribution is 2.31. The van der Waals surface area contributed by atoms with Crippen LogP contribution in [0.4, 0.5) is 5.82 Å². The number of halogens is 1. The lowest BCUT2D eigenvalue weighted by atomic mass is 10.1. The van der Waals surface area contributed by atoms with Gasteiger partial charge in [-0.05, 0) is 28.4 Å². The van der Waals surface area contributed by atoms with Crippen molar-refractivity contribution in [2.75, 3.05) is 5.73 Å². The van der Waals surface area contributed by atoms with Gasteiger partial charge in [0.1, 0.15) is 0 Å². The molecule has 72 valence electrons. The Hall–Kier alpha value is -1.29. The predicted octanol–water partition coefficient (Wildman–Crippen LogP) is 2.73. The average Bonchev–Trinajstić information content (AvgIpc) is 2.49. The molecule has 0 amide bonds. The normalized spacial score (nSPS) is 10.4. The Balaban J connectivity index is 2.60. The number of anilines is 1. The molecule has 1 heterocycles. The highest BCUT2D eigenvalue weighted by Gasteiger charge is 2.10. The molecule has 3 nitrogen and oxygen atoms in total. The van der Waals surface area contributed by atoms with Gasteiger partial charge in [0.25, 0.3) is 0 Å². The fraction of sp³-hybridized carbons (Fsp3) is 0.100. The van der Waals surface area contributed by atoms with Crippen molar-refractivity contribution in [1.82, 2.24) is 10.2 Å². The molecule has 2 rings (SSSR count). The van der Waals surface area contributed by atoms with Gasteiger partial charge in [0, 0.05) is 5.56 Å². The molecule has 0 spiro atoms. The quantitative estimate of drug-likeness (QED) is 0.819. The fourth-order valence-electron chi connectivity index (χ4n) is 1.37. The van der Waals surface area contributed by atoms with Crippen molar-refractivity contribution < 1.29 is 0 Å². The zero-order valence-corrected chi connectivity index (χ0v) is 9.30. The fourth-order valence-corrected chi connectivity index (χ4v) is 1.77. The minimum absolute atomic E-state index is 0.489. The van der Waals surface area contributed by atoms with E-state index >= 15 is 0 Å². The first kappa shape index (κ1) is 9.27. The zero-order valence-electron chi connectivity index (χ0n) is 7.71. The Morgan fingerprint density at radius 2 is 2.07 bits per heavy atom. The molecule has 1 aromatic heterocycles. The molecule has 0 atom stereocenters. The second-order valence-corrected chi connectivity index (χ2v) is 3.91. The van der Waals surface area contributed by atoms with Crippen LogP contribution in [0.3, 0.4) is 0 Å². The zero-order chi connectivity index (χ0) is 10.1. The van der Waals surface area contributed by atoms with E-state index in [-0.39, 0.29) is 0 Å². The van der Waals surface area contributed by atoms with E-state index in [1.54, 1.807) is 0 Å². The monoisotopic (exact) mass is 251 g/mol. The number of nitrogens with one attached hydrogen (secondary N) is 1. The van der Waals surface area contributed by atoms with Crippen LogP contribution in [0.25, 0.3) is 11.3 Å². The highest BCUT2D eigenvalue weighted by molar-refractivity contribution is 9.10. The van der Waals surface area contributed by atoms with Gasteiger partial charge in [-0.15, -0.1) is 0 Å². The van der Waals surface area contributed by atoms with Gasteiger partial charge < -0.3 is 5.73 Å². The molecule has 0 saturated heterocycles. The van der Waals surface area contributed by atoms with Gasteiger partial charge in [0.2, 0.25) is 0 Å². The van der Waals surface area contributed by atoms with Crippen LogP contribution in [-0.2, 0) is 0 Å². The van der Waals surface area contributed by atoms with E-state index in [0.29, 0.717) is 5.82 Å². The average molecular weight is 252 g/mol. The number of nitrogens with zero attached hydrogens (tertiary/aromatic N) is 1. The van der Waals surface area contributed by atoms with Crippen LogP contribution in [0.1, 0.15) is 5.56 Å². The maximum absolute atomic E-state index is 5.64. The first-order valence-corrected chi connectivity index (χ1v) is 5.05. The van der Waals surface area contributed by atoms with Crippen LogP contribution in [-0.4, -0.2) is 10.2 Å². The lowest BCUT2D eigenvalue weighted by Gasteiger charge is -2.02. The van der Waals surface area contributed by atoms with Crippen molar-refractivity contribution in [3.63, 3.8) is 0 Å². The van der Waals surface area contributed by atoms with E-state index in [0.717, 1.165) is 15.7 Å². The van der Waals surface area contributed by atoms with Crippen LogP contribution in [0.5, 0.6) is 0 Å². The van der Waals surface area contributed by atoms with Crippen LogP contribution in [0.15, 0.2) is 28.7 Å².